The van der Waals surface area contributed by atoms with E-state index >= 15 is 0 Å². The van der Waals surface area contributed by atoms with Gasteiger partial charge in [-0.25, -0.2) is 0 Å². The average molecular weight is 414 g/mol. The third-order valence-corrected chi connectivity index (χ3v) is 4.50. The molecular weight excluding hydrogens is 396 g/mol. The molecule has 154 valence electrons. The molecular formula is C22H18N6O3. The molecule has 1 fully saturated rings. The molecule has 0 aromatic heterocycles. The monoisotopic (exact) mass is 414 g/mol. The molecule has 0 unspecified atom stereocenters. The van der Waals surface area contributed by atoms with Gasteiger partial charge < -0.3 is 4.74 Å². The molecule has 9 nitrogen and oxygen atoms in total. The normalized spacial score (nSPS) is 18.1. The SMILES string of the molecule is N=C1O[C@H](c2ccc([N+](=O)[O-])cc2)C(=NNc2ccccc2)/C1=N\Nc1ccccc1. The van der Waals surface area contributed by atoms with E-state index in [0.717, 1.165) is 11.4 Å². The summed E-state index contributed by atoms with van der Waals surface area (Å²) < 4.78 is 5.72. The summed E-state index contributed by atoms with van der Waals surface area (Å²) in [6, 6.07) is 24.6. The molecule has 3 N–H and O–H groups in total. The number of hydrogen-bond acceptors (Lipinski definition) is 8. The van der Waals surface area contributed by atoms with Crippen LogP contribution in [0.4, 0.5) is 17.1 Å². The van der Waals surface area contributed by atoms with Crippen LogP contribution in [0.5, 0.6) is 0 Å². The van der Waals surface area contributed by atoms with Gasteiger partial charge in [-0.2, -0.15) is 10.2 Å². The molecule has 0 bridgehead atoms. The van der Waals surface area contributed by atoms with E-state index in [-0.39, 0.29) is 17.3 Å². The highest BCUT2D eigenvalue weighted by Gasteiger charge is 2.37. The van der Waals surface area contributed by atoms with Crippen LogP contribution >= 0.6 is 0 Å². The number of para-hydroxylation sites is 2. The van der Waals surface area contributed by atoms with Gasteiger partial charge in [0.2, 0.25) is 5.90 Å². The minimum absolute atomic E-state index is 0.0302. The molecule has 1 aliphatic rings. The second-order valence-electron chi connectivity index (χ2n) is 6.59. The van der Waals surface area contributed by atoms with Gasteiger partial charge in [0.25, 0.3) is 5.69 Å². The van der Waals surface area contributed by atoms with Crippen LogP contribution in [0.3, 0.4) is 0 Å². The van der Waals surface area contributed by atoms with Gasteiger partial charge in [-0.3, -0.25) is 26.4 Å². The molecule has 0 radical (unpaired) electrons. The van der Waals surface area contributed by atoms with Gasteiger partial charge in [-0.05, 0) is 42.0 Å². The summed E-state index contributed by atoms with van der Waals surface area (Å²) >= 11 is 0. The lowest BCUT2D eigenvalue weighted by Gasteiger charge is -2.11. The maximum absolute atomic E-state index is 11.0. The fourth-order valence-electron chi connectivity index (χ4n) is 2.96. The zero-order chi connectivity index (χ0) is 21.6. The number of nitro groups is 1. The van der Waals surface area contributed by atoms with Gasteiger partial charge in [0.15, 0.2) is 11.8 Å². The minimum atomic E-state index is -0.735. The third kappa shape index (κ3) is 4.56. The Morgan fingerprint density at radius 1 is 0.839 bits per heavy atom. The summed E-state index contributed by atoms with van der Waals surface area (Å²) in [5, 5.41) is 28.0. The Kier molecular flexibility index (Phi) is 5.66. The van der Waals surface area contributed by atoms with Crippen molar-refractivity contribution in [2.45, 2.75) is 6.10 Å². The first kappa shape index (κ1) is 19.8. The topological polar surface area (TPSA) is 125 Å². The fraction of sp³-hybridized carbons (Fsp3) is 0.0455. The number of nitrogens with one attached hydrogen (secondary N) is 3. The Morgan fingerprint density at radius 3 is 1.94 bits per heavy atom. The van der Waals surface area contributed by atoms with Crippen molar-refractivity contribution in [3.63, 3.8) is 0 Å². The predicted molar refractivity (Wildman–Crippen MR) is 120 cm³/mol. The lowest BCUT2D eigenvalue weighted by Crippen LogP contribution is -2.19. The van der Waals surface area contributed by atoms with Crippen LogP contribution in [0.2, 0.25) is 0 Å². The van der Waals surface area contributed by atoms with Crippen LogP contribution in [-0.2, 0) is 4.74 Å². The first-order chi connectivity index (χ1) is 15.1. The van der Waals surface area contributed by atoms with Crippen LogP contribution in [0.15, 0.2) is 95.1 Å². The van der Waals surface area contributed by atoms with Crippen LogP contribution in [0.25, 0.3) is 0 Å². The molecule has 3 aromatic carbocycles. The van der Waals surface area contributed by atoms with Crippen LogP contribution in [0, 0.1) is 15.5 Å². The van der Waals surface area contributed by atoms with Gasteiger partial charge in [0.05, 0.1) is 16.3 Å². The Hall–Kier alpha value is -4.53. The van der Waals surface area contributed by atoms with E-state index in [0.29, 0.717) is 11.3 Å². The summed E-state index contributed by atoms with van der Waals surface area (Å²) in [6.07, 6.45) is -0.735. The molecule has 0 saturated carbocycles. The number of non-ortho nitro benzene ring substituents is 1. The smallest absolute Gasteiger partial charge is 0.269 e. The van der Waals surface area contributed by atoms with E-state index < -0.39 is 11.0 Å². The average Bonchev–Trinajstić information content (AvgIpc) is 3.12. The van der Waals surface area contributed by atoms with Gasteiger partial charge in [-0.1, -0.05) is 36.4 Å². The quantitative estimate of drug-likeness (QED) is 0.402. The number of hydrazone groups is 2. The van der Waals surface area contributed by atoms with Gasteiger partial charge >= 0.3 is 0 Å². The summed E-state index contributed by atoms with van der Waals surface area (Å²) in [6.45, 7) is 0. The van der Waals surface area contributed by atoms with Gasteiger partial charge in [-0.15, -0.1) is 0 Å². The van der Waals surface area contributed by atoms with Crippen LogP contribution < -0.4 is 10.9 Å². The van der Waals surface area contributed by atoms with E-state index in [1.54, 1.807) is 12.1 Å². The minimum Gasteiger partial charge on any atom is -0.461 e. The van der Waals surface area contributed by atoms with Crippen molar-refractivity contribution in [1.82, 2.24) is 0 Å². The number of nitrogens with zero attached hydrogens (tertiary/aromatic N) is 3. The van der Waals surface area contributed by atoms with Crippen molar-refractivity contribution in [2.24, 2.45) is 10.2 Å². The molecule has 1 saturated heterocycles. The van der Waals surface area contributed by atoms with Crippen LogP contribution in [0.1, 0.15) is 11.7 Å². The molecule has 1 aliphatic heterocycles. The van der Waals surface area contributed by atoms with E-state index in [9.17, 15) is 10.1 Å². The first-order valence-electron chi connectivity index (χ1n) is 9.39. The summed E-state index contributed by atoms with van der Waals surface area (Å²) in [4.78, 5) is 10.5. The Labute approximate surface area is 177 Å². The number of rotatable bonds is 6. The molecule has 0 amide bonds. The molecule has 3 aromatic rings. The Morgan fingerprint density at radius 2 is 1.39 bits per heavy atom. The third-order valence-electron chi connectivity index (χ3n) is 4.50. The largest absolute Gasteiger partial charge is 0.461 e. The molecule has 1 atom stereocenters. The maximum Gasteiger partial charge on any atom is 0.269 e. The summed E-state index contributed by atoms with van der Waals surface area (Å²) in [5.41, 5.74) is 8.57. The van der Waals surface area contributed by atoms with Crippen molar-refractivity contribution >= 4 is 34.4 Å². The highest BCUT2D eigenvalue weighted by atomic mass is 16.6. The maximum atomic E-state index is 11.0. The van der Waals surface area contributed by atoms with Crippen molar-refractivity contribution in [3.8, 4) is 0 Å². The zero-order valence-corrected chi connectivity index (χ0v) is 16.2. The first-order valence-corrected chi connectivity index (χ1v) is 9.39. The summed E-state index contributed by atoms with van der Waals surface area (Å²) in [5.74, 6) is -0.152. The predicted octanol–water partition coefficient (Wildman–Crippen LogP) is 4.58. The van der Waals surface area contributed by atoms with Gasteiger partial charge in [0.1, 0.15) is 5.71 Å². The van der Waals surface area contributed by atoms with E-state index in [1.165, 1.54) is 12.1 Å². The number of ether oxygens (including phenoxy) is 1. The number of nitro benzene ring substituents is 1. The highest BCUT2D eigenvalue weighted by molar-refractivity contribution is 6.69. The second kappa shape index (κ2) is 8.87. The Balaban J connectivity index is 1.68. The fourth-order valence-corrected chi connectivity index (χ4v) is 2.96. The lowest BCUT2D eigenvalue weighted by molar-refractivity contribution is -0.384. The van der Waals surface area contributed by atoms with Crippen molar-refractivity contribution in [1.29, 1.82) is 5.41 Å². The van der Waals surface area contributed by atoms with Crippen molar-refractivity contribution in [2.75, 3.05) is 10.9 Å². The van der Waals surface area contributed by atoms with Crippen LogP contribution in [-0.4, -0.2) is 22.2 Å². The molecule has 0 aliphatic carbocycles. The number of benzene rings is 3. The second-order valence-corrected chi connectivity index (χ2v) is 6.59. The number of hydrogen-bond donors (Lipinski definition) is 3. The molecule has 1 heterocycles. The zero-order valence-electron chi connectivity index (χ0n) is 16.2. The number of anilines is 2. The lowest BCUT2D eigenvalue weighted by atomic mass is 10.0. The van der Waals surface area contributed by atoms with E-state index in [2.05, 4.69) is 21.1 Å². The summed E-state index contributed by atoms with van der Waals surface area (Å²) in [7, 11) is 0. The Bertz CT molecular complexity index is 1140. The molecule has 31 heavy (non-hydrogen) atoms. The molecule has 0 spiro atoms. The molecule has 9 heteroatoms. The van der Waals surface area contributed by atoms with E-state index in [1.807, 2.05) is 60.7 Å². The van der Waals surface area contributed by atoms with E-state index in [4.69, 9.17) is 10.1 Å². The van der Waals surface area contributed by atoms with Crippen molar-refractivity contribution < 1.29 is 9.66 Å². The highest BCUT2D eigenvalue weighted by Crippen LogP contribution is 2.28. The molecule has 4 rings (SSSR count). The van der Waals surface area contributed by atoms with Crippen molar-refractivity contribution in [3.05, 3.63) is 101 Å². The standard InChI is InChI=1S/C22H18N6O3/c23-22-20(27-25-17-9-5-2-6-10-17)19(26-24-16-7-3-1-4-8-16)21(31-22)15-11-13-18(14-12-15)28(29)30/h1-14,21,23-25H/b23-22?,26-19?,27-20+/t21-/m1/s1. The van der Waals surface area contributed by atoms with Gasteiger partial charge in [0, 0.05) is 12.1 Å².